The summed E-state index contributed by atoms with van der Waals surface area (Å²) in [5.41, 5.74) is 2.76. The molecule has 1 saturated heterocycles. The maximum Gasteiger partial charge on any atom is 0.0233 e. The van der Waals surface area contributed by atoms with Gasteiger partial charge in [0, 0.05) is 11.0 Å². The van der Waals surface area contributed by atoms with Crippen LogP contribution in [0.5, 0.6) is 0 Å². The largest absolute Gasteiger partial charge is 0.299 e. The van der Waals surface area contributed by atoms with E-state index in [0.717, 1.165) is 6.54 Å². The standard InChI is InChI=1S/C13H17BrN/c1-11-9-12(5-6-13(11)14)10-15-7-3-2-4-8-15/h2,5-6,9H,3-4,7-8,10H2,1H3. The van der Waals surface area contributed by atoms with E-state index in [1.807, 2.05) is 0 Å². The molecule has 1 aliphatic rings. The second-order valence-corrected chi connectivity index (χ2v) is 5.08. The minimum Gasteiger partial charge on any atom is -0.299 e. The Morgan fingerprint density at radius 3 is 2.67 bits per heavy atom. The smallest absolute Gasteiger partial charge is 0.0233 e. The monoisotopic (exact) mass is 266 g/mol. The van der Waals surface area contributed by atoms with E-state index in [9.17, 15) is 0 Å². The van der Waals surface area contributed by atoms with Crippen molar-refractivity contribution in [2.75, 3.05) is 13.1 Å². The Bertz CT molecular complexity index is 329. The molecule has 0 aromatic heterocycles. The Morgan fingerprint density at radius 1 is 1.27 bits per heavy atom. The third-order valence-corrected chi connectivity index (χ3v) is 3.82. The summed E-state index contributed by atoms with van der Waals surface area (Å²) in [6.45, 7) is 5.68. The van der Waals surface area contributed by atoms with Crippen molar-refractivity contribution < 1.29 is 0 Å². The lowest BCUT2D eigenvalue weighted by Gasteiger charge is -2.26. The molecule has 1 aliphatic heterocycles. The van der Waals surface area contributed by atoms with Gasteiger partial charge in [0.15, 0.2) is 0 Å². The Labute approximate surface area is 101 Å². The lowest BCUT2D eigenvalue weighted by Crippen LogP contribution is -2.29. The predicted octanol–water partition coefficient (Wildman–Crippen LogP) is 3.56. The van der Waals surface area contributed by atoms with Gasteiger partial charge in [0.1, 0.15) is 0 Å². The molecule has 0 bridgehead atoms. The number of halogens is 1. The van der Waals surface area contributed by atoms with Crippen LogP contribution >= 0.6 is 15.9 Å². The maximum atomic E-state index is 3.54. The quantitative estimate of drug-likeness (QED) is 0.792. The first-order chi connectivity index (χ1) is 7.25. The summed E-state index contributed by atoms with van der Waals surface area (Å²) in [6, 6.07) is 6.65. The van der Waals surface area contributed by atoms with E-state index in [1.165, 1.54) is 41.5 Å². The van der Waals surface area contributed by atoms with Crippen molar-refractivity contribution in [3.8, 4) is 0 Å². The van der Waals surface area contributed by atoms with E-state index in [0.29, 0.717) is 0 Å². The van der Waals surface area contributed by atoms with E-state index >= 15 is 0 Å². The van der Waals surface area contributed by atoms with E-state index in [1.54, 1.807) is 0 Å². The number of nitrogens with zero attached hydrogens (tertiary/aromatic N) is 1. The van der Waals surface area contributed by atoms with Gasteiger partial charge in [-0.1, -0.05) is 28.1 Å². The molecule has 0 N–H and O–H groups in total. The molecule has 2 rings (SSSR count). The molecule has 0 aliphatic carbocycles. The van der Waals surface area contributed by atoms with Crippen molar-refractivity contribution >= 4 is 15.9 Å². The predicted molar refractivity (Wildman–Crippen MR) is 67.7 cm³/mol. The summed E-state index contributed by atoms with van der Waals surface area (Å²) in [5, 5.41) is 0. The Kier molecular flexibility index (Phi) is 3.81. The number of hydrogen-bond donors (Lipinski definition) is 0. The number of likely N-dealkylation sites (tertiary alicyclic amines) is 1. The van der Waals surface area contributed by atoms with Crippen LogP contribution in [-0.4, -0.2) is 18.0 Å². The number of rotatable bonds is 2. The minimum absolute atomic E-state index is 1.10. The summed E-state index contributed by atoms with van der Waals surface area (Å²) in [5.74, 6) is 0. The molecule has 81 valence electrons. The van der Waals surface area contributed by atoms with Crippen LogP contribution < -0.4 is 0 Å². The van der Waals surface area contributed by atoms with Crippen molar-refractivity contribution in [1.82, 2.24) is 4.90 Å². The summed E-state index contributed by atoms with van der Waals surface area (Å²) in [6.07, 6.45) is 4.88. The summed E-state index contributed by atoms with van der Waals surface area (Å²) in [7, 11) is 0. The first-order valence-electron chi connectivity index (χ1n) is 5.55. The SMILES string of the molecule is Cc1cc(CN2CC[CH]CC2)ccc1Br. The third kappa shape index (κ3) is 3.05. The van der Waals surface area contributed by atoms with Gasteiger partial charge in [-0.2, -0.15) is 0 Å². The van der Waals surface area contributed by atoms with Gasteiger partial charge in [-0.25, -0.2) is 0 Å². The molecule has 1 heterocycles. The topological polar surface area (TPSA) is 3.24 Å². The molecule has 1 aromatic rings. The fourth-order valence-electron chi connectivity index (χ4n) is 2.03. The highest BCUT2D eigenvalue weighted by Crippen LogP contribution is 2.19. The van der Waals surface area contributed by atoms with Gasteiger partial charge >= 0.3 is 0 Å². The van der Waals surface area contributed by atoms with Crippen LogP contribution in [0.1, 0.15) is 24.0 Å². The van der Waals surface area contributed by atoms with Gasteiger partial charge in [-0.15, -0.1) is 0 Å². The minimum atomic E-state index is 1.10. The molecular formula is C13H17BrN. The van der Waals surface area contributed by atoms with Crippen molar-refractivity contribution in [3.05, 3.63) is 40.2 Å². The number of hydrogen-bond acceptors (Lipinski definition) is 1. The van der Waals surface area contributed by atoms with Crippen LogP contribution in [0, 0.1) is 13.3 Å². The summed E-state index contributed by atoms with van der Waals surface area (Å²) >= 11 is 3.54. The van der Waals surface area contributed by atoms with Crippen LogP contribution in [0.2, 0.25) is 0 Å². The first-order valence-corrected chi connectivity index (χ1v) is 6.34. The van der Waals surface area contributed by atoms with Gasteiger partial charge in [0.2, 0.25) is 0 Å². The molecule has 2 heteroatoms. The van der Waals surface area contributed by atoms with E-state index < -0.39 is 0 Å². The van der Waals surface area contributed by atoms with Gasteiger partial charge in [-0.3, -0.25) is 4.90 Å². The average Bonchev–Trinajstić information content (AvgIpc) is 2.25. The molecule has 0 atom stereocenters. The fourth-order valence-corrected chi connectivity index (χ4v) is 2.27. The second-order valence-electron chi connectivity index (χ2n) is 4.23. The molecule has 0 saturated carbocycles. The van der Waals surface area contributed by atoms with Crippen LogP contribution in [0.25, 0.3) is 0 Å². The van der Waals surface area contributed by atoms with Crippen molar-refractivity contribution in [1.29, 1.82) is 0 Å². The van der Waals surface area contributed by atoms with Crippen LogP contribution in [0.3, 0.4) is 0 Å². The lowest BCUT2D eigenvalue weighted by molar-refractivity contribution is 0.246. The van der Waals surface area contributed by atoms with Gasteiger partial charge in [-0.05, 0) is 56.5 Å². The first kappa shape index (κ1) is 11.2. The van der Waals surface area contributed by atoms with E-state index in [-0.39, 0.29) is 0 Å². The van der Waals surface area contributed by atoms with Crippen LogP contribution in [0.15, 0.2) is 22.7 Å². The average molecular weight is 267 g/mol. The Hall–Kier alpha value is -0.340. The molecule has 1 fully saturated rings. The second kappa shape index (κ2) is 5.13. The van der Waals surface area contributed by atoms with Crippen LogP contribution in [-0.2, 0) is 6.54 Å². The Balaban J connectivity index is 2.00. The van der Waals surface area contributed by atoms with E-state index in [2.05, 4.69) is 52.4 Å². The molecule has 1 nitrogen and oxygen atoms in total. The normalized spacial score (nSPS) is 18.0. The molecule has 0 spiro atoms. The molecule has 0 amide bonds. The molecule has 1 radical (unpaired) electrons. The Morgan fingerprint density at radius 2 is 2.00 bits per heavy atom. The zero-order valence-electron chi connectivity index (χ0n) is 9.17. The van der Waals surface area contributed by atoms with Crippen molar-refractivity contribution in [2.45, 2.75) is 26.3 Å². The fraction of sp³-hybridized carbons (Fsp3) is 0.462. The van der Waals surface area contributed by atoms with Crippen molar-refractivity contribution in [2.24, 2.45) is 0 Å². The zero-order valence-corrected chi connectivity index (χ0v) is 10.8. The molecule has 1 aromatic carbocycles. The lowest BCUT2D eigenvalue weighted by atomic mass is 10.1. The molecule has 15 heavy (non-hydrogen) atoms. The van der Waals surface area contributed by atoms with Gasteiger partial charge in [0.25, 0.3) is 0 Å². The van der Waals surface area contributed by atoms with Crippen LogP contribution in [0.4, 0.5) is 0 Å². The number of piperidine rings is 1. The number of benzene rings is 1. The highest BCUT2D eigenvalue weighted by Gasteiger charge is 2.10. The summed E-state index contributed by atoms with van der Waals surface area (Å²) < 4.78 is 1.21. The van der Waals surface area contributed by atoms with Gasteiger partial charge in [0.05, 0.1) is 0 Å². The summed E-state index contributed by atoms with van der Waals surface area (Å²) in [4.78, 5) is 2.53. The van der Waals surface area contributed by atoms with Crippen molar-refractivity contribution in [3.63, 3.8) is 0 Å². The van der Waals surface area contributed by atoms with E-state index in [4.69, 9.17) is 0 Å². The maximum absolute atomic E-state index is 3.54. The zero-order chi connectivity index (χ0) is 10.7. The molecular weight excluding hydrogens is 250 g/mol. The van der Waals surface area contributed by atoms with Gasteiger partial charge < -0.3 is 0 Å². The highest BCUT2D eigenvalue weighted by molar-refractivity contribution is 9.10. The number of aryl methyl sites for hydroxylation is 1. The highest BCUT2D eigenvalue weighted by atomic mass is 79.9. The molecule has 0 unspecified atom stereocenters. The third-order valence-electron chi connectivity index (χ3n) is 2.93.